The minimum Gasteiger partial charge on any atom is -0.377 e. The number of carbonyl (C=O) groups is 1. The summed E-state index contributed by atoms with van der Waals surface area (Å²) >= 11 is 0. The average Bonchev–Trinajstić information content (AvgIpc) is 2.91. The monoisotopic (exact) mass is 334 g/mol. The maximum atomic E-state index is 13.6. The second-order valence-corrected chi connectivity index (χ2v) is 6.01. The number of rotatable bonds is 5. The lowest BCUT2D eigenvalue weighted by atomic mass is 10.1. The zero-order valence-electron chi connectivity index (χ0n) is 14.6. The van der Waals surface area contributed by atoms with Crippen molar-refractivity contribution >= 4 is 11.7 Å². The van der Waals surface area contributed by atoms with Gasteiger partial charge in [0.25, 0.3) is 0 Å². The standard InChI is InChI=1S/C16H23FN6O/c1-11(14-8-12(17)6-7-15(14)21(2)3)18-16(24)22(4)9-13-10-23(5)20-19-13/h6-8,10-11H,9H2,1-5H3,(H,18,24). The highest BCUT2D eigenvalue weighted by molar-refractivity contribution is 5.74. The molecule has 1 N–H and O–H groups in total. The summed E-state index contributed by atoms with van der Waals surface area (Å²) in [5, 5.41) is 10.7. The molecule has 130 valence electrons. The highest BCUT2D eigenvalue weighted by atomic mass is 19.1. The van der Waals surface area contributed by atoms with Crippen LogP contribution >= 0.6 is 0 Å². The van der Waals surface area contributed by atoms with Gasteiger partial charge in [-0.3, -0.25) is 4.68 Å². The summed E-state index contributed by atoms with van der Waals surface area (Å²) in [6.07, 6.45) is 1.75. The number of anilines is 1. The number of carbonyl (C=O) groups excluding carboxylic acids is 1. The van der Waals surface area contributed by atoms with Gasteiger partial charge >= 0.3 is 6.03 Å². The van der Waals surface area contributed by atoms with Crippen molar-refractivity contribution in [2.75, 3.05) is 26.0 Å². The van der Waals surface area contributed by atoms with Crippen molar-refractivity contribution in [2.24, 2.45) is 7.05 Å². The van der Waals surface area contributed by atoms with Gasteiger partial charge in [0.2, 0.25) is 0 Å². The number of nitrogens with one attached hydrogen (secondary N) is 1. The van der Waals surface area contributed by atoms with Gasteiger partial charge in [0.15, 0.2) is 0 Å². The van der Waals surface area contributed by atoms with Gasteiger partial charge in [-0.1, -0.05) is 5.21 Å². The van der Waals surface area contributed by atoms with E-state index in [0.717, 1.165) is 11.3 Å². The Morgan fingerprint density at radius 3 is 2.67 bits per heavy atom. The number of nitrogens with zero attached hydrogens (tertiary/aromatic N) is 5. The summed E-state index contributed by atoms with van der Waals surface area (Å²) in [4.78, 5) is 15.8. The molecule has 7 nitrogen and oxygen atoms in total. The van der Waals surface area contributed by atoms with Gasteiger partial charge in [-0.2, -0.15) is 0 Å². The average molecular weight is 334 g/mol. The molecule has 0 aliphatic heterocycles. The van der Waals surface area contributed by atoms with E-state index in [1.165, 1.54) is 17.0 Å². The fourth-order valence-electron chi connectivity index (χ4n) is 2.44. The number of halogens is 1. The predicted molar refractivity (Wildman–Crippen MR) is 90.1 cm³/mol. The maximum Gasteiger partial charge on any atom is 0.317 e. The zero-order valence-corrected chi connectivity index (χ0v) is 14.6. The van der Waals surface area contributed by atoms with Crippen LogP contribution in [0.5, 0.6) is 0 Å². The maximum absolute atomic E-state index is 13.6. The molecule has 0 fully saturated rings. The molecule has 0 saturated carbocycles. The molecular formula is C16H23FN6O. The topological polar surface area (TPSA) is 66.3 Å². The Hall–Kier alpha value is -2.64. The van der Waals surface area contributed by atoms with Crippen molar-refractivity contribution in [1.82, 2.24) is 25.2 Å². The van der Waals surface area contributed by atoms with E-state index in [1.54, 1.807) is 31.0 Å². The van der Waals surface area contributed by atoms with E-state index >= 15 is 0 Å². The normalized spacial score (nSPS) is 11.9. The molecule has 1 unspecified atom stereocenters. The number of hydrogen-bond donors (Lipinski definition) is 1. The molecule has 1 aromatic heterocycles. The molecule has 0 aliphatic rings. The Bertz CT molecular complexity index is 714. The zero-order chi connectivity index (χ0) is 17.9. The fraction of sp³-hybridized carbons (Fsp3) is 0.438. The van der Waals surface area contributed by atoms with Gasteiger partial charge in [-0.15, -0.1) is 5.10 Å². The van der Waals surface area contributed by atoms with Crippen LogP contribution in [0.25, 0.3) is 0 Å². The minimum absolute atomic E-state index is 0.262. The van der Waals surface area contributed by atoms with Crippen molar-refractivity contribution in [3.05, 3.63) is 41.5 Å². The van der Waals surface area contributed by atoms with E-state index in [9.17, 15) is 9.18 Å². The van der Waals surface area contributed by atoms with Gasteiger partial charge in [-0.05, 0) is 25.1 Å². The molecule has 0 saturated heterocycles. The lowest BCUT2D eigenvalue weighted by Gasteiger charge is -2.25. The first-order valence-electron chi connectivity index (χ1n) is 7.61. The van der Waals surface area contributed by atoms with Crippen LogP contribution in [0.1, 0.15) is 24.2 Å². The summed E-state index contributed by atoms with van der Waals surface area (Å²) in [6.45, 7) is 2.17. The van der Waals surface area contributed by atoms with Crippen molar-refractivity contribution in [1.29, 1.82) is 0 Å². The third-order valence-electron chi connectivity index (χ3n) is 3.67. The second kappa shape index (κ2) is 7.29. The SMILES string of the molecule is CC(NC(=O)N(C)Cc1cn(C)nn1)c1cc(F)ccc1N(C)C. The summed E-state index contributed by atoms with van der Waals surface area (Å²) in [7, 11) is 7.21. The molecular weight excluding hydrogens is 311 g/mol. The van der Waals surface area contributed by atoms with E-state index in [0.29, 0.717) is 12.2 Å². The number of hydrogen-bond acceptors (Lipinski definition) is 4. The van der Waals surface area contributed by atoms with Crippen LogP contribution in [-0.2, 0) is 13.6 Å². The quantitative estimate of drug-likeness (QED) is 0.907. The molecule has 0 radical (unpaired) electrons. The van der Waals surface area contributed by atoms with Gasteiger partial charge < -0.3 is 15.1 Å². The van der Waals surface area contributed by atoms with Gasteiger partial charge in [0.05, 0.1) is 12.6 Å². The summed E-state index contributed by atoms with van der Waals surface area (Å²) in [5.74, 6) is -0.329. The molecule has 0 bridgehead atoms. The van der Waals surface area contributed by atoms with E-state index in [-0.39, 0.29) is 17.9 Å². The van der Waals surface area contributed by atoms with Crippen LogP contribution in [-0.4, -0.2) is 47.1 Å². The number of urea groups is 1. The number of amides is 2. The van der Waals surface area contributed by atoms with Crippen molar-refractivity contribution in [3.63, 3.8) is 0 Å². The first-order chi connectivity index (χ1) is 11.3. The predicted octanol–water partition coefficient (Wildman–Crippen LogP) is 1.92. The van der Waals surface area contributed by atoms with E-state index in [4.69, 9.17) is 0 Å². The smallest absolute Gasteiger partial charge is 0.317 e. The van der Waals surface area contributed by atoms with Crippen LogP contribution in [0.4, 0.5) is 14.9 Å². The van der Waals surface area contributed by atoms with Crippen molar-refractivity contribution in [3.8, 4) is 0 Å². The Balaban J connectivity index is 2.07. The van der Waals surface area contributed by atoms with Crippen molar-refractivity contribution < 1.29 is 9.18 Å². The lowest BCUT2D eigenvalue weighted by Crippen LogP contribution is -2.38. The Morgan fingerprint density at radius 2 is 2.08 bits per heavy atom. The van der Waals surface area contributed by atoms with Gasteiger partial charge in [0, 0.05) is 45.6 Å². The third-order valence-corrected chi connectivity index (χ3v) is 3.67. The van der Waals surface area contributed by atoms with Gasteiger partial charge in [0.1, 0.15) is 11.5 Å². The van der Waals surface area contributed by atoms with Crippen LogP contribution in [0.2, 0.25) is 0 Å². The second-order valence-electron chi connectivity index (χ2n) is 6.01. The van der Waals surface area contributed by atoms with E-state index < -0.39 is 0 Å². The van der Waals surface area contributed by atoms with E-state index in [1.807, 2.05) is 25.9 Å². The van der Waals surface area contributed by atoms with Crippen LogP contribution in [0.3, 0.4) is 0 Å². The number of benzene rings is 1. The molecule has 2 aromatic rings. The Morgan fingerprint density at radius 1 is 1.38 bits per heavy atom. The highest BCUT2D eigenvalue weighted by Gasteiger charge is 2.18. The molecule has 0 spiro atoms. The number of aryl methyl sites for hydroxylation is 1. The highest BCUT2D eigenvalue weighted by Crippen LogP contribution is 2.26. The largest absolute Gasteiger partial charge is 0.377 e. The first kappa shape index (κ1) is 17.7. The first-order valence-corrected chi connectivity index (χ1v) is 7.61. The van der Waals surface area contributed by atoms with Crippen LogP contribution in [0, 0.1) is 5.82 Å². The Kier molecular flexibility index (Phi) is 5.38. The van der Waals surface area contributed by atoms with Gasteiger partial charge in [-0.25, -0.2) is 9.18 Å². The molecule has 2 rings (SSSR count). The Labute approximate surface area is 141 Å². The van der Waals surface area contributed by atoms with Crippen LogP contribution < -0.4 is 10.2 Å². The molecule has 8 heteroatoms. The minimum atomic E-state index is -0.338. The summed E-state index contributed by atoms with van der Waals surface area (Å²) < 4.78 is 15.2. The third kappa shape index (κ3) is 4.21. The molecule has 1 atom stereocenters. The number of aromatic nitrogens is 3. The summed E-state index contributed by atoms with van der Waals surface area (Å²) in [6, 6.07) is 3.96. The van der Waals surface area contributed by atoms with Crippen LogP contribution in [0.15, 0.2) is 24.4 Å². The summed E-state index contributed by atoms with van der Waals surface area (Å²) in [5.41, 5.74) is 2.28. The fourth-order valence-corrected chi connectivity index (χ4v) is 2.44. The van der Waals surface area contributed by atoms with Crippen molar-refractivity contribution in [2.45, 2.75) is 19.5 Å². The lowest BCUT2D eigenvalue weighted by molar-refractivity contribution is 0.203. The molecule has 24 heavy (non-hydrogen) atoms. The molecule has 2 amide bonds. The molecule has 1 aromatic carbocycles. The van der Waals surface area contributed by atoms with E-state index in [2.05, 4.69) is 15.6 Å². The molecule has 0 aliphatic carbocycles. The molecule has 1 heterocycles.